The minimum absolute atomic E-state index is 0.111. The van der Waals surface area contributed by atoms with Gasteiger partial charge in [0.15, 0.2) is 5.84 Å². The second kappa shape index (κ2) is 4.65. The summed E-state index contributed by atoms with van der Waals surface area (Å²) in [7, 11) is 0. The topological polar surface area (TPSA) is 71.5 Å². The fraction of sp³-hybridized carbons (Fsp3) is 0.0769. The summed E-state index contributed by atoms with van der Waals surface area (Å²) in [4.78, 5) is 4.29. The van der Waals surface area contributed by atoms with E-state index >= 15 is 0 Å². The normalized spacial score (nSPS) is 11.5. The van der Waals surface area contributed by atoms with Crippen molar-refractivity contribution in [1.82, 2.24) is 4.98 Å². The van der Waals surface area contributed by atoms with Gasteiger partial charge in [-0.25, -0.2) is 0 Å². The van der Waals surface area contributed by atoms with Gasteiger partial charge in [0.2, 0.25) is 0 Å². The molecule has 0 aliphatic rings. The average Bonchev–Trinajstić information content (AvgIpc) is 2.39. The van der Waals surface area contributed by atoms with Crippen LogP contribution < -0.4 is 5.73 Å². The van der Waals surface area contributed by atoms with Crippen LogP contribution in [0.3, 0.4) is 0 Å². The Labute approximate surface area is 99.4 Å². The molecule has 0 spiro atoms. The Kier molecular flexibility index (Phi) is 3.05. The third-order valence-corrected chi connectivity index (χ3v) is 2.66. The van der Waals surface area contributed by atoms with E-state index in [2.05, 4.69) is 10.1 Å². The van der Waals surface area contributed by atoms with E-state index in [0.717, 1.165) is 22.4 Å². The number of rotatable bonds is 2. The summed E-state index contributed by atoms with van der Waals surface area (Å²) in [5, 5.41) is 11.7. The predicted octanol–water partition coefficient (Wildman–Crippen LogP) is 2.15. The zero-order chi connectivity index (χ0) is 12.3. The second-order valence-electron chi connectivity index (χ2n) is 3.68. The zero-order valence-corrected chi connectivity index (χ0v) is 9.46. The fourth-order valence-electron chi connectivity index (χ4n) is 1.77. The molecule has 4 heteroatoms. The van der Waals surface area contributed by atoms with Crippen LogP contribution in [0.5, 0.6) is 0 Å². The van der Waals surface area contributed by atoms with Crippen LogP contribution in [0.15, 0.2) is 47.8 Å². The van der Waals surface area contributed by atoms with Crippen LogP contribution >= 0.6 is 0 Å². The van der Waals surface area contributed by atoms with Crippen molar-refractivity contribution in [3.63, 3.8) is 0 Å². The van der Waals surface area contributed by atoms with Crippen LogP contribution in [0, 0.1) is 6.92 Å². The maximum Gasteiger partial charge on any atom is 0.170 e. The van der Waals surface area contributed by atoms with Gasteiger partial charge in [-0.05, 0) is 24.6 Å². The third kappa shape index (κ3) is 2.10. The number of nitrogens with zero attached hydrogens (tertiary/aromatic N) is 2. The lowest BCUT2D eigenvalue weighted by Crippen LogP contribution is -2.15. The van der Waals surface area contributed by atoms with Crippen molar-refractivity contribution in [2.75, 3.05) is 0 Å². The minimum Gasteiger partial charge on any atom is -0.409 e. The van der Waals surface area contributed by atoms with Gasteiger partial charge in [0.1, 0.15) is 0 Å². The molecule has 0 aliphatic heterocycles. The SMILES string of the molecule is Cc1c(C(N)=NO)cccc1-c1ccccn1. The molecule has 1 aromatic heterocycles. The molecule has 0 radical (unpaired) electrons. The number of hydrogen-bond acceptors (Lipinski definition) is 3. The van der Waals surface area contributed by atoms with E-state index in [1.807, 2.05) is 43.3 Å². The molecule has 0 saturated heterocycles. The van der Waals surface area contributed by atoms with Crippen molar-refractivity contribution in [3.05, 3.63) is 53.7 Å². The first-order chi connectivity index (χ1) is 8.24. The Hall–Kier alpha value is -2.36. The van der Waals surface area contributed by atoms with Gasteiger partial charge in [0.25, 0.3) is 0 Å². The van der Waals surface area contributed by atoms with Crippen LogP contribution in [0.1, 0.15) is 11.1 Å². The van der Waals surface area contributed by atoms with Gasteiger partial charge in [-0.1, -0.05) is 29.4 Å². The number of oxime groups is 1. The zero-order valence-electron chi connectivity index (χ0n) is 9.46. The van der Waals surface area contributed by atoms with Gasteiger partial charge in [0, 0.05) is 17.3 Å². The molecule has 1 aromatic carbocycles. The Morgan fingerprint density at radius 2 is 2.06 bits per heavy atom. The molecule has 17 heavy (non-hydrogen) atoms. The molecule has 86 valence electrons. The number of benzene rings is 1. The van der Waals surface area contributed by atoms with Crippen LogP contribution in [0.2, 0.25) is 0 Å². The maximum atomic E-state index is 8.72. The van der Waals surface area contributed by atoms with Crippen LogP contribution in [0.4, 0.5) is 0 Å². The molecule has 0 saturated carbocycles. The quantitative estimate of drug-likeness (QED) is 0.357. The van der Waals surface area contributed by atoms with Crippen molar-refractivity contribution in [2.45, 2.75) is 6.92 Å². The first-order valence-corrected chi connectivity index (χ1v) is 5.23. The van der Waals surface area contributed by atoms with Crippen LogP contribution in [0.25, 0.3) is 11.3 Å². The summed E-state index contributed by atoms with van der Waals surface area (Å²) in [5.74, 6) is 0.111. The van der Waals surface area contributed by atoms with Crippen LogP contribution in [-0.4, -0.2) is 16.0 Å². The summed E-state index contributed by atoms with van der Waals surface area (Å²) in [6.07, 6.45) is 1.74. The highest BCUT2D eigenvalue weighted by atomic mass is 16.4. The highest BCUT2D eigenvalue weighted by molar-refractivity contribution is 5.99. The summed E-state index contributed by atoms with van der Waals surface area (Å²) in [5.41, 5.74) is 9.14. The number of nitrogens with two attached hydrogens (primary N) is 1. The number of pyridine rings is 1. The molecular weight excluding hydrogens is 214 g/mol. The van der Waals surface area contributed by atoms with Gasteiger partial charge in [-0.2, -0.15) is 0 Å². The average molecular weight is 227 g/mol. The van der Waals surface area contributed by atoms with Gasteiger partial charge in [0.05, 0.1) is 5.69 Å². The molecule has 0 unspecified atom stereocenters. The van der Waals surface area contributed by atoms with Gasteiger partial charge < -0.3 is 10.9 Å². The monoisotopic (exact) mass is 227 g/mol. The molecule has 0 amide bonds. The lowest BCUT2D eigenvalue weighted by atomic mass is 9.99. The molecule has 0 aliphatic carbocycles. The molecule has 2 rings (SSSR count). The first-order valence-electron chi connectivity index (χ1n) is 5.23. The number of aromatic nitrogens is 1. The van der Waals surface area contributed by atoms with Crippen molar-refractivity contribution in [3.8, 4) is 11.3 Å². The Balaban J connectivity index is 2.58. The highest BCUT2D eigenvalue weighted by Crippen LogP contribution is 2.23. The largest absolute Gasteiger partial charge is 0.409 e. The van der Waals surface area contributed by atoms with Crippen molar-refractivity contribution >= 4 is 5.84 Å². The van der Waals surface area contributed by atoms with Gasteiger partial charge in [-0.15, -0.1) is 0 Å². The molecule has 0 bridgehead atoms. The minimum atomic E-state index is 0.111. The smallest absolute Gasteiger partial charge is 0.170 e. The fourth-order valence-corrected chi connectivity index (χ4v) is 1.77. The number of hydrogen-bond donors (Lipinski definition) is 2. The molecule has 3 N–H and O–H groups in total. The van der Waals surface area contributed by atoms with Crippen molar-refractivity contribution < 1.29 is 5.21 Å². The van der Waals surface area contributed by atoms with E-state index in [-0.39, 0.29) is 5.84 Å². The van der Waals surface area contributed by atoms with E-state index in [0.29, 0.717) is 0 Å². The summed E-state index contributed by atoms with van der Waals surface area (Å²) in [6.45, 7) is 1.93. The molecule has 2 aromatic rings. The van der Waals surface area contributed by atoms with E-state index in [1.165, 1.54) is 0 Å². The summed E-state index contributed by atoms with van der Waals surface area (Å²) >= 11 is 0. The highest BCUT2D eigenvalue weighted by Gasteiger charge is 2.09. The van der Waals surface area contributed by atoms with Gasteiger partial charge in [-0.3, -0.25) is 4.98 Å². The lowest BCUT2D eigenvalue weighted by molar-refractivity contribution is 0.318. The van der Waals surface area contributed by atoms with E-state index in [4.69, 9.17) is 10.9 Å². The predicted molar refractivity (Wildman–Crippen MR) is 66.9 cm³/mol. The van der Waals surface area contributed by atoms with Crippen molar-refractivity contribution in [1.29, 1.82) is 0 Å². The first kappa shape index (κ1) is 11.1. The van der Waals surface area contributed by atoms with E-state index in [1.54, 1.807) is 6.20 Å². The standard InChI is InChI=1S/C13H13N3O/c1-9-10(12-7-2-3-8-15-12)5-4-6-11(9)13(14)16-17/h2-8,17H,1H3,(H2,14,16). The van der Waals surface area contributed by atoms with E-state index in [9.17, 15) is 0 Å². The van der Waals surface area contributed by atoms with Crippen molar-refractivity contribution in [2.24, 2.45) is 10.9 Å². The van der Waals surface area contributed by atoms with E-state index < -0.39 is 0 Å². The molecule has 1 heterocycles. The molecule has 0 atom stereocenters. The maximum absolute atomic E-state index is 8.72. The lowest BCUT2D eigenvalue weighted by Gasteiger charge is -2.09. The van der Waals surface area contributed by atoms with Gasteiger partial charge >= 0.3 is 0 Å². The Morgan fingerprint density at radius 3 is 2.71 bits per heavy atom. The third-order valence-electron chi connectivity index (χ3n) is 2.66. The summed E-state index contributed by atoms with van der Waals surface area (Å²) < 4.78 is 0. The number of amidine groups is 1. The van der Waals surface area contributed by atoms with Crippen LogP contribution in [-0.2, 0) is 0 Å². The Bertz CT molecular complexity index is 550. The summed E-state index contributed by atoms with van der Waals surface area (Å²) in [6, 6.07) is 11.4. The molecule has 0 fully saturated rings. The molecule has 4 nitrogen and oxygen atoms in total. The Morgan fingerprint density at radius 1 is 1.24 bits per heavy atom. The second-order valence-corrected chi connectivity index (χ2v) is 3.68. The molecular formula is C13H13N3O.